The number of hydrogen-bond donors (Lipinski definition) is 2. The molecule has 1 atom stereocenters. The Bertz CT molecular complexity index is 800. The molecule has 2 aromatic rings. The van der Waals surface area contributed by atoms with Crippen LogP contribution in [0.25, 0.3) is 0 Å². The molecule has 134 valence electrons. The van der Waals surface area contributed by atoms with Gasteiger partial charge in [-0.05, 0) is 29.7 Å². The summed E-state index contributed by atoms with van der Waals surface area (Å²) >= 11 is 1.40. The van der Waals surface area contributed by atoms with Crippen molar-refractivity contribution in [2.45, 2.75) is 24.6 Å². The number of carbonyl (C=O) groups excluding carboxylic acids is 1. The number of nitriles is 1. The summed E-state index contributed by atoms with van der Waals surface area (Å²) in [5.74, 6) is -0.633. The van der Waals surface area contributed by atoms with Crippen LogP contribution in [0.5, 0.6) is 0 Å². The summed E-state index contributed by atoms with van der Waals surface area (Å²) < 4.78 is 0. The highest BCUT2D eigenvalue weighted by molar-refractivity contribution is 7.99. The van der Waals surface area contributed by atoms with Gasteiger partial charge in [-0.25, -0.2) is 4.79 Å². The van der Waals surface area contributed by atoms with E-state index in [0.717, 1.165) is 5.56 Å². The maximum Gasteiger partial charge on any atom is 0.334 e. The lowest BCUT2D eigenvalue weighted by Gasteiger charge is -2.30. The molecule has 0 radical (unpaired) electrons. The molecule has 1 amide bonds. The predicted octanol–water partition coefficient (Wildman–Crippen LogP) is 3.30. The number of hydrogen-bond acceptors (Lipinski definition) is 4. The summed E-state index contributed by atoms with van der Waals surface area (Å²) in [6, 6.07) is 18.0. The van der Waals surface area contributed by atoms with E-state index in [1.165, 1.54) is 11.8 Å². The molecule has 0 aliphatic rings. The van der Waals surface area contributed by atoms with Crippen molar-refractivity contribution in [1.29, 1.82) is 5.26 Å². The number of thioether (sulfide) groups is 1. The minimum atomic E-state index is -1.42. The van der Waals surface area contributed by atoms with Gasteiger partial charge in [0.25, 0.3) is 0 Å². The third-order valence-electron chi connectivity index (χ3n) is 4.10. The van der Waals surface area contributed by atoms with Crippen molar-refractivity contribution in [1.82, 2.24) is 5.32 Å². The molecule has 6 heteroatoms. The number of amides is 1. The minimum absolute atomic E-state index is 0.155. The molecule has 0 fully saturated rings. The molecule has 0 saturated carbocycles. The van der Waals surface area contributed by atoms with Crippen molar-refractivity contribution < 1.29 is 14.7 Å². The molecule has 0 saturated heterocycles. The lowest BCUT2D eigenvalue weighted by molar-refractivity contribution is -0.148. The third-order valence-corrected chi connectivity index (χ3v) is 5.10. The Kier molecular flexibility index (Phi) is 6.81. The normalized spacial score (nSPS) is 12.6. The number of benzene rings is 2. The van der Waals surface area contributed by atoms with Gasteiger partial charge in [-0.2, -0.15) is 5.26 Å². The molecular weight excluding hydrogens is 348 g/mol. The molecule has 2 aromatic carbocycles. The Morgan fingerprint density at radius 1 is 1.15 bits per heavy atom. The van der Waals surface area contributed by atoms with Gasteiger partial charge in [-0.15, -0.1) is 11.8 Å². The fourth-order valence-corrected chi connectivity index (χ4v) is 3.41. The molecule has 2 N–H and O–H groups in total. The number of carboxylic acid groups (broad SMARTS) is 1. The minimum Gasteiger partial charge on any atom is -0.479 e. The summed E-state index contributed by atoms with van der Waals surface area (Å²) in [7, 11) is 0. The first-order valence-corrected chi connectivity index (χ1v) is 9.34. The number of aliphatic carboxylic acids is 1. The molecule has 0 aromatic heterocycles. The van der Waals surface area contributed by atoms with Crippen LogP contribution in [0, 0.1) is 11.3 Å². The maximum absolute atomic E-state index is 12.3. The summed E-state index contributed by atoms with van der Waals surface area (Å²) in [4.78, 5) is 24.2. The number of rotatable bonds is 8. The maximum atomic E-state index is 12.3. The van der Waals surface area contributed by atoms with Gasteiger partial charge < -0.3 is 10.4 Å². The first kappa shape index (κ1) is 19.5. The van der Waals surface area contributed by atoms with Gasteiger partial charge in [-0.1, -0.05) is 49.4 Å². The van der Waals surface area contributed by atoms with E-state index in [-0.39, 0.29) is 18.1 Å². The zero-order valence-corrected chi connectivity index (χ0v) is 15.3. The summed E-state index contributed by atoms with van der Waals surface area (Å²) in [5, 5.41) is 21.2. The Hall–Kier alpha value is -2.78. The molecule has 5 nitrogen and oxygen atoms in total. The largest absolute Gasteiger partial charge is 0.479 e. The third kappa shape index (κ3) is 4.64. The summed E-state index contributed by atoms with van der Waals surface area (Å²) in [6.45, 7) is 1.74. The Balaban J connectivity index is 1.99. The molecule has 26 heavy (non-hydrogen) atoms. The number of carboxylic acids is 1. The van der Waals surface area contributed by atoms with Crippen molar-refractivity contribution in [2.24, 2.45) is 0 Å². The van der Waals surface area contributed by atoms with Crippen LogP contribution in [-0.2, 0) is 20.9 Å². The van der Waals surface area contributed by atoms with E-state index in [0.29, 0.717) is 16.9 Å². The smallest absolute Gasteiger partial charge is 0.334 e. The second kappa shape index (κ2) is 9.07. The van der Waals surface area contributed by atoms with Gasteiger partial charge in [0, 0.05) is 5.75 Å². The van der Waals surface area contributed by atoms with E-state index in [2.05, 4.69) is 11.4 Å². The first-order chi connectivity index (χ1) is 12.5. The number of nitrogens with one attached hydrogen (secondary N) is 1. The number of carbonyl (C=O) groups is 2. The molecule has 2 rings (SSSR count). The highest BCUT2D eigenvalue weighted by atomic mass is 32.2. The van der Waals surface area contributed by atoms with Gasteiger partial charge >= 0.3 is 5.97 Å². The monoisotopic (exact) mass is 368 g/mol. The SMILES string of the molecule is CCC(NC(=O)CSCc1ccc(C#N)cc1)(C(=O)O)c1ccccc1. The fraction of sp³-hybridized carbons (Fsp3) is 0.250. The molecule has 0 aliphatic carbocycles. The van der Waals surface area contributed by atoms with E-state index in [1.807, 2.05) is 12.1 Å². The highest BCUT2D eigenvalue weighted by Crippen LogP contribution is 2.26. The quantitative estimate of drug-likeness (QED) is 0.746. The summed E-state index contributed by atoms with van der Waals surface area (Å²) in [6.07, 6.45) is 0.248. The zero-order valence-electron chi connectivity index (χ0n) is 14.4. The van der Waals surface area contributed by atoms with Gasteiger partial charge in [0.2, 0.25) is 5.91 Å². The average molecular weight is 368 g/mol. The van der Waals surface area contributed by atoms with E-state index in [9.17, 15) is 14.7 Å². The zero-order chi connectivity index (χ0) is 19.0. The predicted molar refractivity (Wildman–Crippen MR) is 102 cm³/mol. The van der Waals surface area contributed by atoms with Crippen LogP contribution in [0.1, 0.15) is 30.0 Å². The van der Waals surface area contributed by atoms with Gasteiger partial charge in [-0.3, -0.25) is 4.79 Å². The molecule has 0 spiro atoms. The van der Waals surface area contributed by atoms with Crippen LogP contribution >= 0.6 is 11.8 Å². The van der Waals surface area contributed by atoms with Crippen LogP contribution in [0.3, 0.4) is 0 Å². The fourth-order valence-electron chi connectivity index (χ4n) is 2.63. The van der Waals surface area contributed by atoms with Gasteiger partial charge in [0.1, 0.15) is 0 Å². The Morgan fingerprint density at radius 3 is 2.35 bits per heavy atom. The average Bonchev–Trinajstić information content (AvgIpc) is 2.67. The molecule has 0 bridgehead atoms. The van der Waals surface area contributed by atoms with Crippen LogP contribution in [0.4, 0.5) is 0 Å². The van der Waals surface area contributed by atoms with Crippen molar-refractivity contribution in [3.8, 4) is 6.07 Å². The van der Waals surface area contributed by atoms with Crippen molar-refractivity contribution >= 4 is 23.6 Å². The van der Waals surface area contributed by atoms with Crippen LogP contribution in [-0.4, -0.2) is 22.7 Å². The molecule has 0 heterocycles. The summed E-state index contributed by atoms with van der Waals surface area (Å²) in [5.41, 5.74) is 0.728. The highest BCUT2D eigenvalue weighted by Gasteiger charge is 2.39. The lowest BCUT2D eigenvalue weighted by Crippen LogP contribution is -2.52. The van der Waals surface area contributed by atoms with Gasteiger partial charge in [0.15, 0.2) is 5.54 Å². The standard InChI is InChI=1S/C20H20N2O3S/c1-2-20(19(24)25,17-6-4-3-5-7-17)22-18(23)14-26-13-16-10-8-15(12-21)9-11-16/h3-11H,2,13-14H2,1H3,(H,22,23)(H,24,25). The van der Waals surface area contributed by atoms with E-state index >= 15 is 0 Å². The van der Waals surface area contributed by atoms with Crippen molar-refractivity contribution in [3.05, 3.63) is 71.3 Å². The second-order valence-corrected chi connectivity index (χ2v) is 6.77. The topological polar surface area (TPSA) is 90.2 Å². The van der Waals surface area contributed by atoms with E-state index in [1.54, 1.807) is 49.4 Å². The number of nitrogens with zero attached hydrogens (tertiary/aromatic N) is 1. The molecular formula is C20H20N2O3S. The van der Waals surface area contributed by atoms with Crippen LogP contribution < -0.4 is 5.32 Å². The Labute approximate surface area is 157 Å². The van der Waals surface area contributed by atoms with E-state index < -0.39 is 11.5 Å². The van der Waals surface area contributed by atoms with Crippen LogP contribution in [0.2, 0.25) is 0 Å². The van der Waals surface area contributed by atoms with Crippen molar-refractivity contribution in [3.63, 3.8) is 0 Å². The second-order valence-electron chi connectivity index (χ2n) is 5.78. The first-order valence-electron chi connectivity index (χ1n) is 8.18. The lowest BCUT2D eigenvalue weighted by atomic mass is 9.87. The van der Waals surface area contributed by atoms with Gasteiger partial charge in [0.05, 0.1) is 17.4 Å². The van der Waals surface area contributed by atoms with Crippen LogP contribution in [0.15, 0.2) is 54.6 Å². The Morgan fingerprint density at radius 2 is 1.81 bits per heavy atom. The molecule has 1 unspecified atom stereocenters. The van der Waals surface area contributed by atoms with E-state index in [4.69, 9.17) is 5.26 Å². The molecule has 0 aliphatic heterocycles. The van der Waals surface area contributed by atoms with Crippen molar-refractivity contribution in [2.75, 3.05) is 5.75 Å².